The van der Waals surface area contributed by atoms with Crippen LogP contribution < -0.4 is 4.74 Å². The van der Waals surface area contributed by atoms with Crippen LogP contribution in [0.4, 0.5) is 5.69 Å². The smallest absolute Gasteiger partial charge is 0.289 e. The molecule has 1 fully saturated rings. The number of ether oxygens (including phenoxy) is 1. The highest BCUT2D eigenvalue weighted by molar-refractivity contribution is 9.10. The lowest BCUT2D eigenvalue weighted by atomic mass is 10.2. The third-order valence-corrected chi connectivity index (χ3v) is 5.98. The second-order valence-corrected chi connectivity index (χ2v) is 7.84. The molecule has 0 unspecified atom stereocenters. The molecule has 0 aliphatic carbocycles. The normalized spacial score (nSPS) is 15.7. The summed E-state index contributed by atoms with van der Waals surface area (Å²) in [6.07, 6.45) is 1.22. The van der Waals surface area contributed by atoms with Crippen molar-refractivity contribution < 1.29 is 18.1 Å². The van der Waals surface area contributed by atoms with Gasteiger partial charge in [-0.1, -0.05) is 12.1 Å². The van der Waals surface area contributed by atoms with Gasteiger partial charge in [0.1, 0.15) is 6.10 Å². The Labute approximate surface area is 146 Å². The van der Waals surface area contributed by atoms with Crippen LogP contribution in [0, 0.1) is 10.1 Å². The first-order valence-corrected chi connectivity index (χ1v) is 9.13. The molecule has 10 heteroatoms. The maximum absolute atomic E-state index is 12.5. The van der Waals surface area contributed by atoms with Gasteiger partial charge in [0, 0.05) is 12.3 Å². The van der Waals surface area contributed by atoms with Crippen molar-refractivity contribution in [3.05, 3.63) is 57.2 Å². The molecule has 0 spiro atoms. The molecule has 0 saturated carbocycles. The largest absolute Gasteiger partial charge is 0.471 e. The Hall–Kier alpha value is -2.04. The summed E-state index contributed by atoms with van der Waals surface area (Å²) < 4.78 is 32.5. The van der Waals surface area contributed by atoms with E-state index in [0.717, 1.165) is 4.31 Å². The average molecular weight is 414 g/mol. The summed E-state index contributed by atoms with van der Waals surface area (Å²) in [5.41, 5.74) is -0.436. The van der Waals surface area contributed by atoms with E-state index >= 15 is 0 Å². The van der Waals surface area contributed by atoms with Gasteiger partial charge in [0.15, 0.2) is 4.90 Å². The van der Waals surface area contributed by atoms with Crippen molar-refractivity contribution in [1.82, 2.24) is 9.29 Å². The SMILES string of the molecule is O=[N+]([O-])c1ccccc1S(=O)(=O)N1CC(Oc2ncccc2Br)C1. The third-order valence-electron chi connectivity index (χ3n) is 3.50. The molecule has 0 radical (unpaired) electrons. The fourth-order valence-corrected chi connectivity index (χ4v) is 4.26. The van der Waals surface area contributed by atoms with E-state index in [1.807, 2.05) is 0 Å². The van der Waals surface area contributed by atoms with Gasteiger partial charge >= 0.3 is 0 Å². The van der Waals surface area contributed by atoms with Crippen LogP contribution in [0.2, 0.25) is 0 Å². The first kappa shape index (κ1) is 16.8. The first-order chi connectivity index (χ1) is 11.4. The number of nitro groups is 1. The fourth-order valence-electron chi connectivity index (χ4n) is 2.25. The highest BCUT2D eigenvalue weighted by atomic mass is 79.9. The monoisotopic (exact) mass is 413 g/mol. The Kier molecular flexibility index (Phi) is 4.52. The van der Waals surface area contributed by atoms with Gasteiger partial charge < -0.3 is 4.74 Å². The van der Waals surface area contributed by atoms with Crippen molar-refractivity contribution in [2.45, 2.75) is 11.0 Å². The van der Waals surface area contributed by atoms with Crippen LogP contribution in [-0.2, 0) is 10.0 Å². The van der Waals surface area contributed by atoms with Crippen molar-refractivity contribution in [1.29, 1.82) is 0 Å². The Morgan fingerprint density at radius 1 is 1.25 bits per heavy atom. The van der Waals surface area contributed by atoms with E-state index in [1.54, 1.807) is 18.3 Å². The zero-order valence-electron chi connectivity index (χ0n) is 12.2. The van der Waals surface area contributed by atoms with E-state index in [0.29, 0.717) is 10.4 Å². The number of nitrogens with zero attached hydrogens (tertiary/aromatic N) is 3. The number of sulfonamides is 1. The molecule has 1 saturated heterocycles. The van der Waals surface area contributed by atoms with Crippen LogP contribution in [-0.4, -0.2) is 41.8 Å². The lowest BCUT2D eigenvalue weighted by molar-refractivity contribution is -0.387. The predicted octanol–water partition coefficient (Wildman–Crippen LogP) is 2.20. The molecule has 0 amide bonds. The number of hydrogen-bond donors (Lipinski definition) is 0. The second kappa shape index (κ2) is 6.46. The Morgan fingerprint density at radius 3 is 2.62 bits per heavy atom. The van der Waals surface area contributed by atoms with Gasteiger partial charge in [-0.3, -0.25) is 10.1 Å². The minimum atomic E-state index is -3.93. The van der Waals surface area contributed by atoms with Gasteiger partial charge in [-0.05, 0) is 34.1 Å². The number of halogens is 1. The summed E-state index contributed by atoms with van der Waals surface area (Å²) in [5.74, 6) is 0.380. The lowest BCUT2D eigenvalue weighted by Gasteiger charge is -2.37. The molecule has 8 nitrogen and oxygen atoms in total. The summed E-state index contributed by atoms with van der Waals surface area (Å²) in [4.78, 5) is 14.1. The van der Waals surface area contributed by atoms with E-state index in [2.05, 4.69) is 20.9 Å². The zero-order valence-corrected chi connectivity index (χ0v) is 14.6. The van der Waals surface area contributed by atoms with Crippen LogP contribution >= 0.6 is 15.9 Å². The molecule has 2 aromatic rings. The van der Waals surface area contributed by atoms with Gasteiger partial charge in [0.2, 0.25) is 15.9 Å². The second-order valence-electron chi connectivity index (χ2n) is 5.08. The number of rotatable bonds is 5. The maximum atomic E-state index is 12.5. The van der Waals surface area contributed by atoms with Crippen molar-refractivity contribution in [3.8, 4) is 5.88 Å². The molecule has 1 aromatic carbocycles. The van der Waals surface area contributed by atoms with Gasteiger partial charge in [-0.2, -0.15) is 4.31 Å². The minimum absolute atomic E-state index is 0.109. The molecular weight excluding hydrogens is 402 g/mol. The summed E-state index contributed by atoms with van der Waals surface area (Å²) in [5, 5.41) is 11.0. The van der Waals surface area contributed by atoms with E-state index in [1.165, 1.54) is 24.3 Å². The zero-order chi connectivity index (χ0) is 17.3. The molecular formula is C14H12BrN3O5S. The van der Waals surface area contributed by atoms with Gasteiger partial charge in [0.05, 0.1) is 22.5 Å². The molecule has 3 rings (SSSR count). The van der Waals surface area contributed by atoms with Crippen molar-refractivity contribution in [2.24, 2.45) is 0 Å². The minimum Gasteiger partial charge on any atom is -0.471 e. The predicted molar refractivity (Wildman–Crippen MR) is 88.2 cm³/mol. The summed E-state index contributed by atoms with van der Waals surface area (Å²) in [7, 11) is -3.93. The number of para-hydroxylation sites is 1. The summed E-state index contributed by atoms with van der Waals surface area (Å²) in [6, 6.07) is 8.80. The topological polar surface area (TPSA) is 103 Å². The molecule has 0 bridgehead atoms. The molecule has 1 aliphatic rings. The molecule has 126 valence electrons. The third kappa shape index (κ3) is 3.12. The average Bonchev–Trinajstić information content (AvgIpc) is 2.51. The van der Waals surface area contributed by atoms with Crippen LogP contribution in [0.3, 0.4) is 0 Å². The molecule has 1 aromatic heterocycles. The quantitative estimate of drug-likeness (QED) is 0.549. The van der Waals surface area contributed by atoms with Crippen LogP contribution in [0.25, 0.3) is 0 Å². The van der Waals surface area contributed by atoms with Gasteiger partial charge in [-0.15, -0.1) is 0 Å². The van der Waals surface area contributed by atoms with Gasteiger partial charge in [0.25, 0.3) is 5.69 Å². The Morgan fingerprint density at radius 2 is 1.96 bits per heavy atom. The highest BCUT2D eigenvalue weighted by Gasteiger charge is 2.41. The standard InChI is InChI=1S/C14H12BrN3O5S/c15-11-4-3-7-16-14(11)23-10-8-17(9-10)24(21,22)13-6-2-1-5-12(13)18(19)20/h1-7,10H,8-9H2. The van der Waals surface area contributed by atoms with E-state index in [9.17, 15) is 18.5 Å². The van der Waals surface area contributed by atoms with Crippen molar-refractivity contribution in [3.63, 3.8) is 0 Å². The number of benzene rings is 1. The van der Waals surface area contributed by atoms with Crippen molar-refractivity contribution in [2.75, 3.05) is 13.1 Å². The fraction of sp³-hybridized carbons (Fsp3) is 0.214. The molecule has 1 aliphatic heterocycles. The first-order valence-electron chi connectivity index (χ1n) is 6.90. The Balaban J connectivity index is 1.73. The summed E-state index contributed by atoms with van der Waals surface area (Å²) >= 11 is 3.30. The number of hydrogen-bond acceptors (Lipinski definition) is 6. The van der Waals surface area contributed by atoms with Crippen LogP contribution in [0.1, 0.15) is 0 Å². The Bertz CT molecular complexity index is 883. The number of aromatic nitrogens is 1. The van der Waals surface area contributed by atoms with E-state index < -0.39 is 20.6 Å². The maximum Gasteiger partial charge on any atom is 0.289 e. The van der Waals surface area contributed by atoms with E-state index in [4.69, 9.17) is 4.74 Å². The molecule has 24 heavy (non-hydrogen) atoms. The highest BCUT2D eigenvalue weighted by Crippen LogP contribution is 2.31. The number of pyridine rings is 1. The molecule has 0 atom stereocenters. The van der Waals surface area contributed by atoms with Crippen LogP contribution in [0.15, 0.2) is 52.0 Å². The van der Waals surface area contributed by atoms with E-state index in [-0.39, 0.29) is 24.1 Å². The van der Waals surface area contributed by atoms with Crippen molar-refractivity contribution >= 4 is 31.6 Å². The number of nitro benzene ring substituents is 1. The van der Waals surface area contributed by atoms with Crippen LogP contribution in [0.5, 0.6) is 5.88 Å². The summed E-state index contributed by atoms with van der Waals surface area (Å²) in [6.45, 7) is 0.217. The van der Waals surface area contributed by atoms with Gasteiger partial charge in [-0.25, -0.2) is 13.4 Å². The molecule has 2 heterocycles. The molecule has 0 N–H and O–H groups in total. The lowest BCUT2D eigenvalue weighted by Crippen LogP contribution is -2.56.